The summed E-state index contributed by atoms with van der Waals surface area (Å²) in [7, 11) is 1.98. The first-order valence-corrected chi connectivity index (χ1v) is 8.23. The minimum atomic E-state index is -0.524. The third-order valence-electron chi connectivity index (χ3n) is 3.42. The monoisotopic (exact) mass is 336 g/mol. The van der Waals surface area contributed by atoms with E-state index in [0.717, 1.165) is 5.56 Å². The number of hydrogen-bond donors (Lipinski definition) is 3. The third-order valence-corrected chi connectivity index (χ3v) is 3.42. The minimum Gasteiger partial charge on any atom is -0.491 e. The van der Waals surface area contributed by atoms with Crippen LogP contribution < -0.4 is 15.8 Å². The lowest BCUT2D eigenvalue weighted by atomic mass is 9.80. The molecule has 2 unspecified atom stereocenters. The van der Waals surface area contributed by atoms with Crippen LogP contribution in [0.5, 0.6) is 5.75 Å². The number of carbonyl (C=O) groups is 1. The van der Waals surface area contributed by atoms with E-state index in [-0.39, 0.29) is 18.3 Å². The van der Waals surface area contributed by atoms with Gasteiger partial charge in [-0.1, -0.05) is 19.1 Å². The zero-order valence-electron chi connectivity index (χ0n) is 15.3. The summed E-state index contributed by atoms with van der Waals surface area (Å²) >= 11 is 0. The maximum atomic E-state index is 11.7. The Hall–Kier alpha value is -1.89. The van der Waals surface area contributed by atoms with E-state index in [2.05, 4.69) is 5.32 Å². The van der Waals surface area contributed by atoms with Crippen LogP contribution in [-0.4, -0.2) is 44.4 Å². The van der Waals surface area contributed by atoms with Gasteiger partial charge in [-0.3, -0.25) is 0 Å². The molecule has 134 valence electrons. The lowest BCUT2D eigenvalue weighted by Crippen LogP contribution is -2.35. The molecular weight excluding hydrogens is 307 g/mol. The van der Waals surface area contributed by atoms with Gasteiger partial charge in [-0.15, -0.1) is 0 Å². The predicted molar refractivity (Wildman–Crippen MR) is 98.1 cm³/mol. The van der Waals surface area contributed by atoms with Gasteiger partial charge in [0, 0.05) is 19.1 Å². The summed E-state index contributed by atoms with van der Waals surface area (Å²) in [4.78, 5) is 11.7. The molecule has 0 aliphatic carbocycles. The summed E-state index contributed by atoms with van der Waals surface area (Å²) in [6, 6.07) is 5.59. The number of para-hydroxylation sites is 1. The fourth-order valence-corrected chi connectivity index (χ4v) is 2.06. The predicted octanol–water partition coefficient (Wildman–Crippen LogP) is 1.47. The van der Waals surface area contributed by atoms with Gasteiger partial charge in [0.2, 0.25) is 0 Å². The zero-order chi connectivity index (χ0) is 18.3. The molecule has 0 aromatic heterocycles. The van der Waals surface area contributed by atoms with Crippen LogP contribution in [0.3, 0.4) is 0 Å². The summed E-state index contributed by atoms with van der Waals surface area (Å²) in [6.07, 6.45) is -0.447. The maximum absolute atomic E-state index is 11.7. The molecule has 4 N–H and O–H groups in total. The highest BCUT2D eigenvalue weighted by Gasteiger charge is 2.18. The Kier molecular flexibility index (Phi) is 7.41. The molecule has 1 aromatic rings. The van der Waals surface area contributed by atoms with Crippen molar-refractivity contribution in [1.82, 2.24) is 5.32 Å². The number of nitrogens with two attached hydrogens (primary N) is 1. The first-order valence-electron chi connectivity index (χ1n) is 8.23. The molecule has 6 nitrogen and oxygen atoms in total. The van der Waals surface area contributed by atoms with E-state index >= 15 is 0 Å². The van der Waals surface area contributed by atoms with Gasteiger partial charge in [0.15, 0.2) is 0 Å². The summed E-state index contributed by atoms with van der Waals surface area (Å²) in [5.41, 5.74) is 7.12. The number of aliphatic hydroxyl groups is 1. The molecular formula is C17H29BN2O4. The van der Waals surface area contributed by atoms with Gasteiger partial charge in [0.1, 0.15) is 19.2 Å². The smallest absolute Gasteiger partial charge is 0.407 e. The van der Waals surface area contributed by atoms with Gasteiger partial charge in [0.05, 0.1) is 12.3 Å². The third kappa shape index (κ3) is 6.70. The Morgan fingerprint density at radius 2 is 2.08 bits per heavy atom. The van der Waals surface area contributed by atoms with Crippen LogP contribution in [0.25, 0.3) is 0 Å². The van der Waals surface area contributed by atoms with E-state index in [1.165, 1.54) is 0 Å². The van der Waals surface area contributed by atoms with Crippen LogP contribution in [0.1, 0.15) is 39.1 Å². The number of ether oxygens (including phenoxy) is 2. The summed E-state index contributed by atoms with van der Waals surface area (Å²) < 4.78 is 10.9. The highest BCUT2D eigenvalue weighted by molar-refractivity contribution is 6.13. The van der Waals surface area contributed by atoms with E-state index < -0.39 is 11.7 Å². The Morgan fingerprint density at radius 3 is 2.67 bits per heavy atom. The average molecular weight is 336 g/mol. The van der Waals surface area contributed by atoms with Crippen molar-refractivity contribution in [3.63, 3.8) is 0 Å². The second-order valence-corrected chi connectivity index (χ2v) is 7.14. The van der Waals surface area contributed by atoms with Crippen LogP contribution >= 0.6 is 0 Å². The van der Waals surface area contributed by atoms with E-state index in [9.17, 15) is 4.79 Å². The van der Waals surface area contributed by atoms with E-state index in [0.29, 0.717) is 24.6 Å². The number of aliphatic hydroxyl groups excluding tert-OH is 1. The van der Waals surface area contributed by atoms with E-state index in [1.807, 2.05) is 47.7 Å². The van der Waals surface area contributed by atoms with Crippen LogP contribution in [0.15, 0.2) is 18.2 Å². The molecule has 24 heavy (non-hydrogen) atoms. The Labute approximate surface area is 145 Å². The summed E-state index contributed by atoms with van der Waals surface area (Å²) in [5.74, 6) is 0.646. The topological polar surface area (TPSA) is 93.8 Å². The van der Waals surface area contributed by atoms with Gasteiger partial charge < -0.3 is 25.6 Å². The van der Waals surface area contributed by atoms with Crippen molar-refractivity contribution in [3.05, 3.63) is 23.8 Å². The lowest BCUT2D eigenvalue weighted by Gasteiger charge is -2.22. The first kappa shape index (κ1) is 20.2. The average Bonchev–Trinajstić information content (AvgIpc) is 2.49. The van der Waals surface area contributed by atoms with Gasteiger partial charge >= 0.3 is 6.09 Å². The Morgan fingerprint density at radius 1 is 1.42 bits per heavy atom. The molecule has 1 rings (SSSR count). The van der Waals surface area contributed by atoms with Crippen molar-refractivity contribution in [2.45, 2.75) is 39.1 Å². The Bertz CT molecular complexity index is 546. The fourth-order valence-electron chi connectivity index (χ4n) is 2.06. The van der Waals surface area contributed by atoms with Crippen LogP contribution in [0.4, 0.5) is 10.5 Å². The number of rotatable bonds is 7. The number of anilines is 1. The molecule has 0 spiro atoms. The number of nitrogens with one attached hydrogen (secondary N) is 1. The van der Waals surface area contributed by atoms with Gasteiger partial charge in [-0.2, -0.15) is 0 Å². The Balaban J connectivity index is 2.67. The molecule has 2 atom stereocenters. The quantitative estimate of drug-likeness (QED) is 0.518. The molecule has 0 heterocycles. The number of amides is 1. The largest absolute Gasteiger partial charge is 0.491 e. The van der Waals surface area contributed by atoms with Crippen molar-refractivity contribution in [1.29, 1.82) is 0 Å². The van der Waals surface area contributed by atoms with Crippen molar-refractivity contribution in [3.8, 4) is 5.75 Å². The number of nitrogen functional groups attached to an aromatic ring is 1. The van der Waals surface area contributed by atoms with Gasteiger partial charge in [-0.25, -0.2) is 4.79 Å². The number of benzene rings is 1. The molecule has 0 bridgehead atoms. The molecule has 0 radical (unpaired) electrons. The molecule has 7 heteroatoms. The van der Waals surface area contributed by atoms with Crippen LogP contribution in [-0.2, 0) is 4.74 Å². The zero-order valence-corrected chi connectivity index (χ0v) is 15.3. The van der Waals surface area contributed by atoms with E-state index in [1.54, 1.807) is 6.07 Å². The van der Waals surface area contributed by atoms with Crippen LogP contribution in [0.2, 0.25) is 0 Å². The number of hydrogen-bond acceptors (Lipinski definition) is 5. The molecule has 0 fully saturated rings. The van der Waals surface area contributed by atoms with Crippen molar-refractivity contribution in [2.24, 2.45) is 5.92 Å². The first-order chi connectivity index (χ1) is 11.1. The molecule has 1 aromatic carbocycles. The molecule has 0 saturated carbocycles. The minimum absolute atomic E-state index is 0.0105. The molecule has 0 aliphatic rings. The van der Waals surface area contributed by atoms with Crippen molar-refractivity contribution >= 4 is 19.6 Å². The highest BCUT2D eigenvalue weighted by Crippen LogP contribution is 2.29. The molecule has 1 amide bonds. The standard InChI is InChI=1S/C17H29BN2O4/c1-11(9-21)10-23-14-7-5-6-12(15(14)19)13(18)8-20-16(22)24-17(2,3)4/h5-7,11,13,21H,8-10,18-19H2,1-4H3,(H,20,22). The number of alkyl carbamates (subject to hydrolysis) is 1. The molecule has 0 saturated heterocycles. The fraction of sp³-hybridized carbons (Fsp3) is 0.588. The highest BCUT2D eigenvalue weighted by atomic mass is 16.6. The SMILES string of the molecule is BC(CNC(=O)OC(C)(C)C)c1cccc(OCC(C)CO)c1N. The lowest BCUT2D eigenvalue weighted by molar-refractivity contribution is 0.0528. The second-order valence-electron chi connectivity index (χ2n) is 7.14. The summed E-state index contributed by atoms with van der Waals surface area (Å²) in [6.45, 7) is 8.24. The van der Waals surface area contributed by atoms with Crippen LogP contribution in [0, 0.1) is 5.92 Å². The maximum Gasteiger partial charge on any atom is 0.407 e. The van der Waals surface area contributed by atoms with Crippen molar-refractivity contribution in [2.75, 3.05) is 25.5 Å². The van der Waals surface area contributed by atoms with E-state index in [4.69, 9.17) is 20.3 Å². The van der Waals surface area contributed by atoms with Crippen molar-refractivity contribution < 1.29 is 19.4 Å². The summed E-state index contributed by atoms with van der Waals surface area (Å²) in [5, 5.41) is 11.8. The number of carbonyl (C=O) groups excluding carboxylic acids is 1. The molecule has 0 aliphatic heterocycles. The second kappa shape index (κ2) is 8.82. The normalized spacial score (nSPS) is 13.9. The van der Waals surface area contributed by atoms with Gasteiger partial charge in [-0.05, 0) is 38.2 Å². The van der Waals surface area contributed by atoms with Gasteiger partial charge in [0.25, 0.3) is 0 Å².